The first kappa shape index (κ1) is 69.0. The van der Waals surface area contributed by atoms with Crippen molar-refractivity contribution in [1.82, 2.24) is 28.9 Å². The number of hydrogen-bond donors (Lipinski definition) is 2. The van der Waals surface area contributed by atoms with Crippen LogP contribution in [0.4, 0.5) is 17.6 Å². The van der Waals surface area contributed by atoms with Gasteiger partial charge in [-0.05, 0) is 147 Å². The number of methoxy groups -OCH3 is 2. The number of piperidine rings is 2. The summed E-state index contributed by atoms with van der Waals surface area (Å²) in [7, 11) is 3.03. The van der Waals surface area contributed by atoms with Gasteiger partial charge in [-0.25, -0.2) is 17.6 Å². The van der Waals surface area contributed by atoms with Crippen molar-refractivity contribution in [3.8, 4) is 11.5 Å². The number of pyridine rings is 2. The first-order chi connectivity index (χ1) is 37.4. The van der Waals surface area contributed by atoms with Gasteiger partial charge in [-0.1, -0.05) is 36.4 Å². The number of Topliss-reactive ketones (excluding diaryl/α,β-unsaturated/α-hetero) is 1. The van der Waals surface area contributed by atoms with Crippen LogP contribution < -0.4 is 20.6 Å². The minimum Gasteiger partial charge on any atom is -0.571 e. The summed E-state index contributed by atoms with van der Waals surface area (Å²) in [6.45, 7) is 18.1. The number of ketones is 1. The molecule has 4 aromatic heterocycles. The number of ether oxygens (including phenoxy) is 2. The summed E-state index contributed by atoms with van der Waals surface area (Å²) in [5, 5.41) is 2.18. The molecular weight excluding hydrogens is 1280 g/mol. The summed E-state index contributed by atoms with van der Waals surface area (Å²) in [6, 6.07) is 22.7. The van der Waals surface area contributed by atoms with Gasteiger partial charge in [-0.15, -0.1) is 6.54 Å². The van der Waals surface area contributed by atoms with Crippen LogP contribution in [0.3, 0.4) is 0 Å². The van der Waals surface area contributed by atoms with Crippen LogP contribution in [0.25, 0.3) is 26.6 Å². The molecule has 0 aliphatic carbocycles. The molecule has 2 aliphatic heterocycles. The Morgan fingerprint density at radius 1 is 0.750 bits per heavy atom. The molecule has 0 bridgehead atoms. The smallest absolute Gasteiger partial charge is 0.373 e. The Morgan fingerprint density at radius 3 is 1.64 bits per heavy atom. The van der Waals surface area contributed by atoms with Crippen molar-refractivity contribution in [2.75, 3.05) is 53.5 Å². The third-order valence-corrected chi connectivity index (χ3v) is 14.7. The van der Waals surface area contributed by atoms with Crippen molar-refractivity contribution in [1.29, 1.82) is 0 Å². The van der Waals surface area contributed by atoms with Crippen molar-refractivity contribution < 1.29 is 77.3 Å². The molecule has 15 nitrogen and oxygen atoms in total. The molecule has 2 atom stereocenters. The predicted octanol–water partition coefficient (Wildman–Crippen LogP) is 11.8. The Kier molecular flexibility index (Phi) is 27.9. The van der Waals surface area contributed by atoms with Gasteiger partial charge in [-0.2, -0.15) is 16.5 Å². The second-order valence-electron chi connectivity index (χ2n) is 20.6. The number of nitrogens with zero attached hydrogens (tertiary/aromatic N) is 5. The maximum absolute atomic E-state index is 13.6. The van der Waals surface area contributed by atoms with Crippen molar-refractivity contribution >= 4 is 51.8 Å². The zero-order valence-electron chi connectivity index (χ0n) is 47.7. The normalized spacial score (nSPS) is 15.0. The number of hydrogen-bond acceptors (Lipinski definition) is 10. The number of nitrogens with one attached hydrogen (secondary N) is 2. The molecule has 6 heterocycles. The molecule has 436 valence electrons. The van der Waals surface area contributed by atoms with Crippen molar-refractivity contribution in [2.24, 2.45) is 11.8 Å². The van der Waals surface area contributed by atoms with Crippen molar-refractivity contribution in [3.05, 3.63) is 132 Å². The maximum atomic E-state index is 13.6. The topological polar surface area (TPSA) is 183 Å². The van der Waals surface area contributed by atoms with E-state index in [2.05, 4.69) is 75.0 Å². The largest absolute Gasteiger partial charge is 0.571 e. The number of H-pyrrole nitrogens is 2. The Balaban J connectivity index is 0.000000331. The molecule has 2 fully saturated rings. The molecule has 2 aromatic carbocycles. The summed E-state index contributed by atoms with van der Waals surface area (Å²) < 4.78 is 68.4. The number of benzene rings is 2. The molecule has 2 N–H and O–H groups in total. The van der Waals surface area contributed by atoms with Gasteiger partial charge in [0.2, 0.25) is 0 Å². The monoisotopic (exact) mass is 1360 g/mol. The molecule has 2 saturated heterocycles. The molecule has 0 amide bonds. The number of likely N-dealkylation sites (tertiary alicyclic amines) is 2. The number of aromatic nitrogens is 4. The van der Waals surface area contributed by atoms with E-state index in [-0.39, 0.29) is 92.7 Å². The van der Waals surface area contributed by atoms with Crippen LogP contribution in [0.5, 0.6) is 11.5 Å². The Labute approximate surface area is 495 Å². The van der Waals surface area contributed by atoms with E-state index in [1.54, 1.807) is 26.0 Å². The van der Waals surface area contributed by atoms with Gasteiger partial charge in [0.15, 0.2) is 5.78 Å². The second kappa shape index (κ2) is 32.4. The molecular formula is C59H76ClF4N7O8U-2. The zero-order chi connectivity index (χ0) is 58.8. The van der Waals surface area contributed by atoms with Gasteiger partial charge in [0.25, 0.3) is 23.0 Å². The van der Waals surface area contributed by atoms with Gasteiger partial charge < -0.3 is 38.2 Å². The molecule has 8 rings (SSSR count). The maximum Gasteiger partial charge on any atom is 0.373 e. The number of carbonyl (C=O) groups excluding carboxylic acids is 4. The van der Waals surface area contributed by atoms with Crippen LogP contribution in [-0.2, 0) is 27.3 Å². The van der Waals surface area contributed by atoms with E-state index >= 15 is 0 Å². The summed E-state index contributed by atoms with van der Waals surface area (Å²) in [6.07, 6.45) is 5.87. The molecule has 80 heavy (non-hydrogen) atoms. The number of aryl methyl sites for hydroxylation is 3. The Hall–Kier alpha value is -5.32. The third kappa shape index (κ3) is 19.4. The van der Waals surface area contributed by atoms with E-state index in [1.165, 1.54) is 44.0 Å². The Bertz CT molecular complexity index is 3090. The van der Waals surface area contributed by atoms with Gasteiger partial charge >= 0.3 is 6.15 Å². The van der Waals surface area contributed by atoms with Crippen molar-refractivity contribution in [3.63, 3.8) is 0 Å². The molecule has 0 saturated carbocycles. The third-order valence-electron chi connectivity index (χ3n) is 14.5. The first-order valence-corrected chi connectivity index (χ1v) is 26.7. The van der Waals surface area contributed by atoms with E-state index in [4.69, 9.17) is 35.6 Å². The number of aromatic amines is 2. The number of rotatable bonds is 16. The standard InChI is InChI=1S/C29H37F2N3O3.C19H26F2N2.C8H10ClN2O2.C2H3O.CO2.U/c1-18-16-26(37-5)23(28(36)32-18)10-11-25(35)27-20(3)34(24-9-7-6-8-22(24)27)19(2)21-12-14-33(15-13-21)17-29(4,30)31;1-14-12-17-6-4-5-7-18(17)23(14)15(2)16-8-10-22(11-9-16)13-19(3,20)21;1-5-3-7(13-2)6(4-10-9)8(12)11-5;1-2-3;2-1-3;/h6-9,16,19,21H,10-15,17H2,1-5H3,(H,32,36);4-7,12,15-16H,8-11,13H2,1-3H3;3H,4H2,1-2H3,(H,11,12);1H3;;/q;;2*-1;;/t19-;15-;;;;/m11..../s1. The minimum absolute atomic E-state index is 0. The van der Waals surface area contributed by atoms with Gasteiger partial charge in [0.1, 0.15) is 11.5 Å². The predicted molar refractivity (Wildman–Crippen MR) is 301 cm³/mol. The Morgan fingerprint density at radius 2 is 1.18 bits per heavy atom. The molecule has 2 aliphatic rings. The summed E-state index contributed by atoms with van der Waals surface area (Å²) in [5.41, 5.74) is 7.10. The first-order valence-electron chi connectivity index (χ1n) is 26.4. The fourth-order valence-electron chi connectivity index (χ4n) is 11.1. The number of halogens is 5. The second-order valence-corrected chi connectivity index (χ2v) is 20.8. The van der Waals surface area contributed by atoms with Gasteiger partial charge in [0.05, 0.1) is 32.9 Å². The van der Waals surface area contributed by atoms with Crippen LogP contribution in [0.1, 0.15) is 123 Å². The van der Waals surface area contributed by atoms with E-state index < -0.39 is 11.8 Å². The SMILES string of the molecule is COc1cc(C)[nH]c(=O)c1CCC(=O)c1c(C)n([C@H](C)C2CCN(CC(C)(F)F)CC2)c2ccccc12.COc1cc(C)[nH]c(=O)c1C[N-]Cl.C[C-]=O.Cc1cc2ccccc2n1[C@H](C)C1CCN(CC(C)(F)F)CC1.O=C=O.[U]. The van der Waals surface area contributed by atoms with Crippen LogP contribution >= 0.6 is 11.8 Å². The number of fused-ring (bicyclic) bond motifs is 2. The van der Waals surface area contributed by atoms with E-state index in [9.17, 15) is 31.9 Å². The van der Waals surface area contributed by atoms with Crippen molar-refractivity contribution in [2.45, 2.75) is 131 Å². The molecule has 0 spiro atoms. The van der Waals surface area contributed by atoms with Crippen LogP contribution in [0.2, 0.25) is 0 Å². The van der Waals surface area contributed by atoms with Gasteiger partial charge in [0, 0.05) is 114 Å². The van der Waals surface area contributed by atoms with E-state index in [0.29, 0.717) is 64.9 Å². The fraction of sp³-hybridized carbons (Fsp3) is 0.508. The van der Waals surface area contributed by atoms with E-state index in [1.807, 2.05) is 41.0 Å². The fourth-order valence-corrected chi connectivity index (χ4v) is 11.2. The molecule has 21 heteroatoms. The molecule has 0 unspecified atom stereocenters. The van der Waals surface area contributed by atoms with Gasteiger partial charge in [-0.3, -0.25) is 42.2 Å². The summed E-state index contributed by atoms with van der Waals surface area (Å²) in [5.74, 6) is -3.40. The summed E-state index contributed by atoms with van der Waals surface area (Å²) in [4.78, 5) is 74.9. The average Bonchev–Trinajstić information content (AvgIpc) is 3.92. The molecule has 6 aromatic rings. The minimum atomic E-state index is -2.69. The van der Waals surface area contributed by atoms with Crippen LogP contribution in [-0.4, -0.2) is 112 Å². The zero-order valence-corrected chi connectivity index (χ0v) is 52.7. The quantitative estimate of drug-likeness (QED) is 0.0537. The number of para-hydroxylation sites is 2. The van der Waals surface area contributed by atoms with Crippen LogP contribution in [0.15, 0.2) is 76.3 Å². The molecule has 0 radical (unpaired) electrons. The number of alkyl halides is 4. The van der Waals surface area contributed by atoms with Crippen LogP contribution in [0, 0.1) is 70.6 Å². The number of carbonyl (C=O) groups is 1. The van der Waals surface area contributed by atoms with E-state index in [0.717, 1.165) is 74.9 Å². The average molecular weight is 1360 g/mol. The summed E-state index contributed by atoms with van der Waals surface area (Å²) >= 11 is 5.19.